The molecule has 88 valence electrons. The number of nitrogens with zero attached hydrogens (tertiary/aromatic N) is 3. The summed E-state index contributed by atoms with van der Waals surface area (Å²) in [5, 5.41) is 11.6. The molecule has 1 fully saturated rings. The fourth-order valence-corrected chi connectivity index (χ4v) is 2.77. The zero-order valence-electron chi connectivity index (χ0n) is 9.95. The lowest BCUT2D eigenvalue weighted by atomic mass is 10.1. The molecule has 1 unspecified atom stereocenters. The van der Waals surface area contributed by atoms with Crippen LogP contribution in [0.25, 0.3) is 0 Å². The molecule has 0 radical (unpaired) electrons. The van der Waals surface area contributed by atoms with E-state index in [1.807, 2.05) is 11.7 Å². The Morgan fingerprint density at radius 2 is 2.31 bits per heavy atom. The molecule has 0 aliphatic carbocycles. The van der Waals surface area contributed by atoms with Gasteiger partial charge in [0.2, 0.25) is 0 Å². The summed E-state index contributed by atoms with van der Waals surface area (Å²) >= 11 is 0. The van der Waals surface area contributed by atoms with Crippen molar-refractivity contribution in [2.75, 3.05) is 36.4 Å². The van der Waals surface area contributed by atoms with E-state index in [0.717, 1.165) is 32.6 Å². The van der Waals surface area contributed by atoms with Crippen LogP contribution in [0.1, 0.15) is 12.6 Å². The molecule has 16 heavy (non-hydrogen) atoms. The van der Waals surface area contributed by atoms with Gasteiger partial charge >= 0.3 is 0 Å². The Balaban J connectivity index is 2.04. The summed E-state index contributed by atoms with van der Waals surface area (Å²) in [7, 11) is 2.05. The van der Waals surface area contributed by atoms with Crippen LogP contribution >= 0.6 is 0 Å². The highest BCUT2D eigenvalue weighted by Crippen LogP contribution is 2.34. The van der Waals surface area contributed by atoms with Gasteiger partial charge in [-0.3, -0.25) is 4.68 Å². The molecule has 0 amide bonds. The van der Waals surface area contributed by atoms with E-state index in [1.54, 1.807) is 0 Å². The van der Waals surface area contributed by atoms with Crippen molar-refractivity contribution in [1.29, 1.82) is 0 Å². The first kappa shape index (κ1) is 9.96. The Morgan fingerprint density at radius 1 is 1.44 bits per heavy atom. The lowest BCUT2D eigenvalue weighted by Gasteiger charge is -2.41. The molecule has 5 nitrogen and oxygen atoms in total. The topological polar surface area (TPSA) is 45.1 Å². The Morgan fingerprint density at radius 3 is 3.12 bits per heavy atom. The third-order valence-corrected chi connectivity index (χ3v) is 3.56. The number of nitrogens with one attached hydrogen (secondary N) is 2. The van der Waals surface area contributed by atoms with E-state index in [9.17, 15) is 0 Å². The van der Waals surface area contributed by atoms with Crippen LogP contribution in [-0.4, -0.2) is 42.0 Å². The molecule has 3 heterocycles. The average Bonchev–Trinajstić information content (AvgIpc) is 2.66. The summed E-state index contributed by atoms with van der Waals surface area (Å²) in [6.07, 6.45) is 0.993. The molecule has 1 atom stereocenters. The second kappa shape index (κ2) is 3.66. The zero-order valence-corrected chi connectivity index (χ0v) is 9.95. The van der Waals surface area contributed by atoms with Crippen molar-refractivity contribution in [2.24, 2.45) is 7.05 Å². The van der Waals surface area contributed by atoms with E-state index < -0.39 is 0 Å². The van der Waals surface area contributed by atoms with Crippen LogP contribution in [0.3, 0.4) is 0 Å². The first-order valence-electron chi connectivity index (χ1n) is 6.08. The molecule has 1 saturated heterocycles. The minimum Gasteiger partial charge on any atom is -0.378 e. The van der Waals surface area contributed by atoms with Gasteiger partial charge in [0.15, 0.2) is 5.82 Å². The highest BCUT2D eigenvalue weighted by molar-refractivity contribution is 5.72. The predicted octanol–water partition coefficient (Wildman–Crippen LogP) is 0.186. The van der Waals surface area contributed by atoms with Crippen molar-refractivity contribution < 1.29 is 0 Å². The number of hydrogen-bond donors (Lipinski definition) is 2. The largest absolute Gasteiger partial charge is 0.378 e. The van der Waals surface area contributed by atoms with E-state index in [4.69, 9.17) is 0 Å². The quantitative estimate of drug-likeness (QED) is 0.710. The molecule has 0 aromatic carbocycles. The molecular formula is C11H19N5. The van der Waals surface area contributed by atoms with E-state index in [0.29, 0.717) is 6.04 Å². The SMILES string of the molecule is CCc1nn(C)c2c1NCC1CNCCN21. The minimum atomic E-state index is 0.571. The summed E-state index contributed by atoms with van der Waals surface area (Å²) in [4.78, 5) is 2.49. The average molecular weight is 221 g/mol. The molecule has 0 spiro atoms. The maximum absolute atomic E-state index is 4.59. The molecular weight excluding hydrogens is 202 g/mol. The van der Waals surface area contributed by atoms with Gasteiger partial charge in [-0.15, -0.1) is 0 Å². The second-order valence-electron chi connectivity index (χ2n) is 4.55. The maximum Gasteiger partial charge on any atom is 0.151 e. The smallest absolute Gasteiger partial charge is 0.151 e. The van der Waals surface area contributed by atoms with Crippen molar-refractivity contribution in [2.45, 2.75) is 19.4 Å². The molecule has 2 aliphatic heterocycles. The molecule has 1 aromatic heterocycles. The van der Waals surface area contributed by atoms with Crippen LogP contribution < -0.4 is 15.5 Å². The molecule has 5 heteroatoms. The number of piperazine rings is 1. The Hall–Kier alpha value is -1.23. The Kier molecular flexibility index (Phi) is 2.28. The van der Waals surface area contributed by atoms with E-state index in [2.05, 4.69) is 27.6 Å². The fourth-order valence-electron chi connectivity index (χ4n) is 2.77. The summed E-state index contributed by atoms with van der Waals surface area (Å²) in [6.45, 7) is 6.41. The van der Waals surface area contributed by atoms with Crippen molar-refractivity contribution in [3.63, 3.8) is 0 Å². The van der Waals surface area contributed by atoms with Crippen LogP contribution in [0.2, 0.25) is 0 Å². The first-order chi connectivity index (χ1) is 7.81. The van der Waals surface area contributed by atoms with Crippen LogP contribution in [0, 0.1) is 0 Å². The van der Waals surface area contributed by atoms with Crippen molar-refractivity contribution in [1.82, 2.24) is 15.1 Å². The number of anilines is 2. The number of fused-ring (bicyclic) bond motifs is 3. The van der Waals surface area contributed by atoms with Gasteiger partial charge in [-0.2, -0.15) is 5.10 Å². The summed E-state index contributed by atoms with van der Waals surface area (Å²) in [5.41, 5.74) is 2.44. The van der Waals surface area contributed by atoms with Gasteiger partial charge < -0.3 is 15.5 Å². The fraction of sp³-hybridized carbons (Fsp3) is 0.727. The van der Waals surface area contributed by atoms with Crippen LogP contribution in [-0.2, 0) is 13.5 Å². The van der Waals surface area contributed by atoms with E-state index >= 15 is 0 Å². The third-order valence-electron chi connectivity index (χ3n) is 3.56. The molecule has 2 N–H and O–H groups in total. The van der Waals surface area contributed by atoms with Crippen LogP contribution in [0.5, 0.6) is 0 Å². The van der Waals surface area contributed by atoms with Crippen molar-refractivity contribution in [3.8, 4) is 0 Å². The summed E-state index contributed by atoms with van der Waals surface area (Å²) in [6, 6.07) is 0.571. The normalized spacial score (nSPS) is 23.6. The van der Waals surface area contributed by atoms with Crippen molar-refractivity contribution in [3.05, 3.63) is 5.69 Å². The third kappa shape index (κ3) is 1.31. The van der Waals surface area contributed by atoms with Gasteiger partial charge in [0.25, 0.3) is 0 Å². The van der Waals surface area contributed by atoms with Gasteiger partial charge in [-0.1, -0.05) is 6.92 Å². The summed E-state index contributed by atoms with van der Waals surface area (Å²) < 4.78 is 2.03. The Bertz CT molecular complexity index is 397. The zero-order chi connectivity index (χ0) is 11.1. The molecule has 0 saturated carbocycles. The highest BCUT2D eigenvalue weighted by atomic mass is 15.4. The van der Waals surface area contributed by atoms with E-state index in [1.165, 1.54) is 17.2 Å². The maximum atomic E-state index is 4.59. The van der Waals surface area contributed by atoms with Gasteiger partial charge in [0.05, 0.1) is 11.7 Å². The van der Waals surface area contributed by atoms with E-state index in [-0.39, 0.29) is 0 Å². The van der Waals surface area contributed by atoms with Gasteiger partial charge in [0.1, 0.15) is 5.69 Å². The summed E-state index contributed by atoms with van der Waals surface area (Å²) in [5.74, 6) is 1.27. The van der Waals surface area contributed by atoms with Gasteiger partial charge in [-0.05, 0) is 6.42 Å². The van der Waals surface area contributed by atoms with Crippen LogP contribution in [0.4, 0.5) is 11.5 Å². The standard InChI is InChI=1S/C11H19N5/c1-3-9-10-11(15(2)14-9)16-5-4-12-6-8(16)7-13-10/h8,12-13H,3-7H2,1-2H3. The monoisotopic (exact) mass is 221 g/mol. The minimum absolute atomic E-state index is 0.571. The second-order valence-corrected chi connectivity index (χ2v) is 4.55. The highest BCUT2D eigenvalue weighted by Gasteiger charge is 2.32. The number of rotatable bonds is 1. The number of aryl methyl sites for hydroxylation is 2. The van der Waals surface area contributed by atoms with Crippen molar-refractivity contribution >= 4 is 11.5 Å². The number of hydrogen-bond acceptors (Lipinski definition) is 4. The first-order valence-corrected chi connectivity index (χ1v) is 6.08. The Labute approximate surface area is 95.8 Å². The van der Waals surface area contributed by atoms with Crippen LogP contribution in [0.15, 0.2) is 0 Å². The molecule has 0 bridgehead atoms. The molecule has 2 aliphatic rings. The van der Waals surface area contributed by atoms with Gasteiger partial charge in [-0.25, -0.2) is 0 Å². The predicted molar refractivity (Wildman–Crippen MR) is 65.1 cm³/mol. The number of aromatic nitrogens is 2. The van der Waals surface area contributed by atoms with Gasteiger partial charge in [0, 0.05) is 33.2 Å². The molecule has 3 rings (SSSR count). The lowest BCUT2D eigenvalue weighted by molar-refractivity contribution is 0.471. The molecule has 1 aromatic rings. The lowest BCUT2D eigenvalue weighted by Crippen LogP contribution is -2.56.